The number of hydrogen-bond donors (Lipinski definition) is 2. The Labute approximate surface area is 110 Å². The minimum absolute atomic E-state index is 0.151. The average Bonchev–Trinajstić information content (AvgIpc) is 2.36. The molecule has 4 nitrogen and oxygen atoms in total. The highest BCUT2D eigenvalue weighted by Gasteiger charge is 2.06. The highest BCUT2D eigenvalue weighted by molar-refractivity contribution is 6.31. The minimum atomic E-state index is -0.151. The second kappa shape index (κ2) is 5.14. The van der Waals surface area contributed by atoms with Crippen LogP contribution < -0.4 is 16.6 Å². The minimum Gasteiger partial charge on any atom is -0.397 e. The number of benzene rings is 1. The lowest BCUT2D eigenvalue weighted by molar-refractivity contribution is 0.860. The van der Waals surface area contributed by atoms with Gasteiger partial charge in [0.15, 0.2) is 0 Å². The first-order chi connectivity index (χ1) is 8.59. The van der Waals surface area contributed by atoms with Gasteiger partial charge in [0.2, 0.25) is 0 Å². The lowest BCUT2D eigenvalue weighted by Gasteiger charge is -2.10. The van der Waals surface area contributed by atoms with Gasteiger partial charge in [0.1, 0.15) is 5.69 Å². The monoisotopic (exact) mass is 263 g/mol. The fourth-order valence-electron chi connectivity index (χ4n) is 1.65. The quantitative estimate of drug-likeness (QED) is 0.893. The Bertz CT molecular complexity index is 622. The number of hydrogen-bond acceptors (Lipinski definition) is 3. The number of nitrogens with one attached hydrogen (secondary N) is 1. The molecule has 1 aromatic heterocycles. The summed E-state index contributed by atoms with van der Waals surface area (Å²) in [5.41, 5.74) is 7.39. The van der Waals surface area contributed by atoms with Crippen LogP contribution in [0.5, 0.6) is 0 Å². The molecule has 5 heteroatoms. The molecule has 2 aromatic rings. The molecule has 0 radical (unpaired) electrons. The molecule has 1 heterocycles. The van der Waals surface area contributed by atoms with Crippen molar-refractivity contribution in [3.63, 3.8) is 0 Å². The summed E-state index contributed by atoms with van der Waals surface area (Å²) < 4.78 is 1.48. The first-order valence-corrected chi connectivity index (χ1v) is 5.90. The summed E-state index contributed by atoms with van der Waals surface area (Å²) in [6.45, 7) is 0.461. The largest absolute Gasteiger partial charge is 0.397 e. The standard InChI is InChI=1S/C13H14ClN3O/c1-17-7-6-11(15)12(13(17)18)16-8-9-4-2-3-5-10(9)14/h2-7,16H,8,15H2,1H3. The molecule has 3 N–H and O–H groups in total. The van der Waals surface area contributed by atoms with Crippen LogP contribution in [0.3, 0.4) is 0 Å². The molecule has 0 atom stereocenters. The van der Waals surface area contributed by atoms with Crippen molar-refractivity contribution in [2.75, 3.05) is 11.1 Å². The third kappa shape index (κ3) is 2.49. The molecule has 94 valence electrons. The van der Waals surface area contributed by atoms with Crippen molar-refractivity contribution in [2.45, 2.75) is 6.54 Å². The van der Waals surface area contributed by atoms with E-state index in [0.717, 1.165) is 5.56 Å². The number of aromatic nitrogens is 1. The van der Waals surface area contributed by atoms with E-state index < -0.39 is 0 Å². The van der Waals surface area contributed by atoms with Crippen LogP contribution in [0, 0.1) is 0 Å². The Morgan fingerprint density at radius 2 is 2.06 bits per heavy atom. The van der Waals surface area contributed by atoms with Gasteiger partial charge >= 0.3 is 0 Å². The van der Waals surface area contributed by atoms with Crippen LogP contribution in [0.25, 0.3) is 0 Å². The van der Waals surface area contributed by atoms with Crippen LogP contribution in [0.4, 0.5) is 11.4 Å². The van der Waals surface area contributed by atoms with Crippen molar-refractivity contribution in [3.05, 3.63) is 57.5 Å². The van der Waals surface area contributed by atoms with Gasteiger partial charge in [0.25, 0.3) is 5.56 Å². The van der Waals surface area contributed by atoms with Gasteiger partial charge in [-0.3, -0.25) is 4.79 Å². The number of pyridine rings is 1. The Kier molecular flexibility index (Phi) is 3.58. The molecule has 0 spiro atoms. The van der Waals surface area contributed by atoms with Gasteiger partial charge in [0, 0.05) is 24.8 Å². The van der Waals surface area contributed by atoms with Gasteiger partial charge in [-0.15, -0.1) is 0 Å². The number of nitrogens with two attached hydrogens (primary N) is 1. The zero-order valence-corrected chi connectivity index (χ0v) is 10.7. The molecular formula is C13H14ClN3O. The van der Waals surface area contributed by atoms with Crippen LogP contribution in [0.1, 0.15) is 5.56 Å². The highest BCUT2D eigenvalue weighted by Crippen LogP contribution is 2.18. The van der Waals surface area contributed by atoms with Crippen LogP contribution in [-0.4, -0.2) is 4.57 Å². The smallest absolute Gasteiger partial charge is 0.275 e. The summed E-state index contributed by atoms with van der Waals surface area (Å²) in [5.74, 6) is 0. The molecule has 1 aromatic carbocycles. The van der Waals surface area contributed by atoms with Gasteiger partial charge < -0.3 is 15.6 Å². The van der Waals surface area contributed by atoms with Crippen molar-refractivity contribution in [1.82, 2.24) is 4.57 Å². The Morgan fingerprint density at radius 3 is 2.78 bits per heavy atom. The zero-order chi connectivity index (χ0) is 13.1. The maximum absolute atomic E-state index is 11.9. The van der Waals surface area contributed by atoms with E-state index in [2.05, 4.69) is 5.32 Å². The second-order valence-corrected chi connectivity index (χ2v) is 4.41. The third-order valence-electron chi connectivity index (χ3n) is 2.71. The van der Waals surface area contributed by atoms with Crippen LogP contribution in [-0.2, 0) is 13.6 Å². The molecular weight excluding hydrogens is 250 g/mol. The number of nitrogens with zero attached hydrogens (tertiary/aromatic N) is 1. The van der Waals surface area contributed by atoms with Gasteiger partial charge in [0.05, 0.1) is 5.69 Å². The number of aryl methyl sites for hydroxylation is 1. The predicted octanol–water partition coefficient (Wildman–Crippen LogP) is 2.23. The predicted molar refractivity (Wildman–Crippen MR) is 74.9 cm³/mol. The Morgan fingerprint density at radius 1 is 1.33 bits per heavy atom. The van der Waals surface area contributed by atoms with Gasteiger partial charge in [-0.25, -0.2) is 0 Å². The Hall–Kier alpha value is -1.94. The summed E-state index contributed by atoms with van der Waals surface area (Å²) in [4.78, 5) is 11.9. The van der Waals surface area contributed by atoms with E-state index in [1.807, 2.05) is 24.3 Å². The molecule has 0 aliphatic heterocycles. The van der Waals surface area contributed by atoms with E-state index in [1.54, 1.807) is 19.3 Å². The van der Waals surface area contributed by atoms with E-state index >= 15 is 0 Å². The molecule has 0 aliphatic rings. The zero-order valence-electron chi connectivity index (χ0n) is 9.98. The maximum Gasteiger partial charge on any atom is 0.275 e. The number of rotatable bonds is 3. The number of halogens is 1. The average molecular weight is 264 g/mol. The molecule has 18 heavy (non-hydrogen) atoms. The van der Waals surface area contributed by atoms with Crippen LogP contribution in [0.2, 0.25) is 5.02 Å². The molecule has 0 amide bonds. The van der Waals surface area contributed by atoms with E-state index in [0.29, 0.717) is 22.9 Å². The number of anilines is 2. The SMILES string of the molecule is Cn1ccc(N)c(NCc2ccccc2Cl)c1=O. The van der Waals surface area contributed by atoms with Crippen molar-refractivity contribution < 1.29 is 0 Å². The highest BCUT2D eigenvalue weighted by atomic mass is 35.5. The van der Waals surface area contributed by atoms with E-state index in [1.165, 1.54) is 4.57 Å². The summed E-state index contributed by atoms with van der Waals surface area (Å²) >= 11 is 6.05. The summed E-state index contributed by atoms with van der Waals surface area (Å²) in [5, 5.41) is 3.70. The van der Waals surface area contributed by atoms with E-state index in [4.69, 9.17) is 17.3 Å². The molecule has 0 bridgehead atoms. The molecule has 0 fully saturated rings. The summed E-state index contributed by atoms with van der Waals surface area (Å²) in [6.07, 6.45) is 1.64. The topological polar surface area (TPSA) is 60.0 Å². The van der Waals surface area contributed by atoms with Gasteiger partial charge in [-0.2, -0.15) is 0 Å². The summed E-state index contributed by atoms with van der Waals surface area (Å²) in [6, 6.07) is 9.16. The van der Waals surface area contributed by atoms with Crippen molar-refractivity contribution in [2.24, 2.45) is 7.05 Å². The van der Waals surface area contributed by atoms with Crippen LogP contribution >= 0.6 is 11.6 Å². The first kappa shape index (κ1) is 12.5. The molecule has 0 unspecified atom stereocenters. The molecule has 0 aliphatic carbocycles. The van der Waals surface area contributed by atoms with E-state index in [-0.39, 0.29) is 5.56 Å². The fraction of sp³-hybridized carbons (Fsp3) is 0.154. The normalized spacial score (nSPS) is 10.3. The molecule has 2 rings (SSSR count). The van der Waals surface area contributed by atoms with Gasteiger partial charge in [-0.1, -0.05) is 29.8 Å². The van der Waals surface area contributed by atoms with Crippen molar-refractivity contribution in [1.29, 1.82) is 0 Å². The van der Waals surface area contributed by atoms with Gasteiger partial charge in [-0.05, 0) is 17.7 Å². The Balaban J connectivity index is 2.24. The third-order valence-corrected chi connectivity index (χ3v) is 3.08. The maximum atomic E-state index is 11.9. The second-order valence-electron chi connectivity index (χ2n) is 4.01. The van der Waals surface area contributed by atoms with E-state index in [9.17, 15) is 4.79 Å². The lowest BCUT2D eigenvalue weighted by atomic mass is 10.2. The first-order valence-electron chi connectivity index (χ1n) is 5.52. The van der Waals surface area contributed by atoms with Crippen molar-refractivity contribution >= 4 is 23.0 Å². The fourth-order valence-corrected chi connectivity index (χ4v) is 1.85. The lowest BCUT2D eigenvalue weighted by Crippen LogP contribution is -2.22. The number of nitrogen functional groups attached to an aromatic ring is 1. The molecule has 0 saturated carbocycles. The summed E-state index contributed by atoms with van der Waals surface area (Å²) in [7, 11) is 1.68. The van der Waals surface area contributed by atoms with Crippen LogP contribution in [0.15, 0.2) is 41.3 Å². The molecule has 0 saturated heterocycles. The van der Waals surface area contributed by atoms with Crippen molar-refractivity contribution in [3.8, 4) is 0 Å².